The van der Waals surface area contributed by atoms with Gasteiger partial charge in [-0.3, -0.25) is 0 Å². The summed E-state index contributed by atoms with van der Waals surface area (Å²) in [6.45, 7) is 8.11. The first kappa shape index (κ1) is 21.9. The minimum Gasteiger partial charge on any atom is -0.376 e. The first-order valence-electron chi connectivity index (χ1n) is 12.0. The van der Waals surface area contributed by atoms with E-state index in [1.54, 1.807) is 0 Å². The van der Waals surface area contributed by atoms with E-state index in [0.717, 1.165) is 24.2 Å². The molecule has 3 aliphatic rings. The van der Waals surface area contributed by atoms with Gasteiger partial charge in [0.05, 0.1) is 24.5 Å². The highest BCUT2D eigenvalue weighted by molar-refractivity contribution is 5.75. The van der Waals surface area contributed by atoms with E-state index in [-0.39, 0.29) is 12.1 Å². The molecule has 4 rings (SSSR count). The van der Waals surface area contributed by atoms with Crippen molar-refractivity contribution in [2.45, 2.75) is 77.4 Å². The second kappa shape index (κ2) is 9.86. The summed E-state index contributed by atoms with van der Waals surface area (Å²) in [5.74, 6) is 1.29. The van der Waals surface area contributed by atoms with Gasteiger partial charge in [0.15, 0.2) is 0 Å². The average Bonchev–Trinajstić information content (AvgIpc) is 2.81. The third kappa shape index (κ3) is 4.50. The van der Waals surface area contributed by atoms with Gasteiger partial charge in [0.25, 0.3) is 0 Å². The summed E-state index contributed by atoms with van der Waals surface area (Å²) in [6.07, 6.45) is 7.86. The van der Waals surface area contributed by atoms with Crippen LogP contribution in [0.2, 0.25) is 0 Å². The van der Waals surface area contributed by atoms with Crippen molar-refractivity contribution < 1.29 is 9.53 Å². The Morgan fingerprint density at radius 2 is 2.06 bits per heavy atom. The lowest BCUT2D eigenvalue weighted by Crippen LogP contribution is -2.57. The quantitative estimate of drug-likeness (QED) is 0.795. The van der Waals surface area contributed by atoms with Crippen LogP contribution in [0.1, 0.15) is 80.7 Å². The van der Waals surface area contributed by atoms with Crippen molar-refractivity contribution in [1.29, 1.82) is 5.26 Å². The SMILES string of the molecule is CCCNC(=O)N1CCN(c2nc(C3CCCCC3)c3c(c2C#N)CCOC3)CC1C. The highest BCUT2D eigenvalue weighted by Crippen LogP contribution is 2.39. The van der Waals surface area contributed by atoms with Crippen molar-refractivity contribution in [3.05, 3.63) is 22.4 Å². The maximum atomic E-state index is 12.5. The number of carbonyl (C=O) groups excluding carboxylic acids is 1. The van der Waals surface area contributed by atoms with Crippen LogP contribution in [0.4, 0.5) is 10.6 Å². The van der Waals surface area contributed by atoms with E-state index >= 15 is 0 Å². The Labute approximate surface area is 185 Å². The monoisotopic (exact) mass is 425 g/mol. The maximum absolute atomic E-state index is 12.5. The molecule has 0 bridgehead atoms. The topological polar surface area (TPSA) is 81.5 Å². The summed E-state index contributed by atoms with van der Waals surface area (Å²) in [7, 11) is 0. The summed E-state index contributed by atoms with van der Waals surface area (Å²) in [6, 6.07) is 2.55. The number of carbonyl (C=O) groups is 1. The molecule has 1 unspecified atom stereocenters. The normalized spacial score (nSPS) is 22.0. The van der Waals surface area contributed by atoms with E-state index in [9.17, 15) is 10.1 Å². The second-order valence-electron chi connectivity index (χ2n) is 9.12. The molecule has 2 aliphatic heterocycles. The molecule has 1 saturated heterocycles. The summed E-state index contributed by atoms with van der Waals surface area (Å²) in [5.41, 5.74) is 4.20. The molecule has 0 aromatic carbocycles. The molecule has 7 heteroatoms. The van der Waals surface area contributed by atoms with Crippen molar-refractivity contribution in [1.82, 2.24) is 15.2 Å². The summed E-state index contributed by atoms with van der Waals surface area (Å²) < 4.78 is 5.79. The zero-order chi connectivity index (χ0) is 21.8. The lowest BCUT2D eigenvalue weighted by atomic mass is 9.82. The first-order valence-corrected chi connectivity index (χ1v) is 12.0. The lowest BCUT2D eigenvalue weighted by molar-refractivity contribution is 0.109. The molecule has 1 aromatic rings. The van der Waals surface area contributed by atoms with E-state index in [4.69, 9.17) is 9.72 Å². The molecule has 2 fully saturated rings. The van der Waals surface area contributed by atoms with E-state index in [0.29, 0.717) is 50.9 Å². The van der Waals surface area contributed by atoms with Gasteiger partial charge < -0.3 is 19.9 Å². The van der Waals surface area contributed by atoms with Crippen LogP contribution in [-0.4, -0.2) is 54.7 Å². The van der Waals surface area contributed by atoms with Gasteiger partial charge in [0, 0.05) is 43.7 Å². The smallest absolute Gasteiger partial charge is 0.317 e. The molecule has 1 saturated carbocycles. The van der Waals surface area contributed by atoms with Crippen LogP contribution in [0.5, 0.6) is 0 Å². The van der Waals surface area contributed by atoms with Gasteiger partial charge in [-0.1, -0.05) is 26.2 Å². The molecular weight excluding hydrogens is 390 g/mol. The van der Waals surface area contributed by atoms with Crippen molar-refractivity contribution >= 4 is 11.8 Å². The number of ether oxygens (including phenoxy) is 1. The molecule has 31 heavy (non-hydrogen) atoms. The molecule has 0 spiro atoms. The highest BCUT2D eigenvalue weighted by Gasteiger charge is 2.33. The van der Waals surface area contributed by atoms with E-state index in [2.05, 4.69) is 30.1 Å². The number of fused-ring (bicyclic) bond motifs is 1. The van der Waals surface area contributed by atoms with Crippen LogP contribution in [0.15, 0.2) is 0 Å². The molecule has 2 amide bonds. The van der Waals surface area contributed by atoms with E-state index in [1.807, 2.05) is 4.90 Å². The number of aromatic nitrogens is 1. The third-order valence-electron chi connectivity index (χ3n) is 6.99. The fourth-order valence-corrected chi connectivity index (χ4v) is 5.31. The summed E-state index contributed by atoms with van der Waals surface area (Å²) in [5, 5.41) is 13.1. The van der Waals surface area contributed by atoms with Crippen LogP contribution in [0, 0.1) is 11.3 Å². The summed E-state index contributed by atoms with van der Waals surface area (Å²) >= 11 is 0. The van der Waals surface area contributed by atoms with Crippen molar-refractivity contribution in [2.75, 3.05) is 37.7 Å². The Morgan fingerprint density at radius 1 is 1.26 bits per heavy atom. The van der Waals surface area contributed by atoms with Gasteiger partial charge in [0.2, 0.25) is 0 Å². The number of hydrogen-bond donors (Lipinski definition) is 1. The van der Waals surface area contributed by atoms with Crippen LogP contribution < -0.4 is 10.2 Å². The van der Waals surface area contributed by atoms with Crippen molar-refractivity contribution in [3.8, 4) is 6.07 Å². The Balaban J connectivity index is 1.63. The Hall–Kier alpha value is -2.33. The zero-order valence-corrected chi connectivity index (χ0v) is 19.0. The zero-order valence-electron chi connectivity index (χ0n) is 19.0. The number of piperazine rings is 1. The van der Waals surface area contributed by atoms with Gasteiger partial charge in [-0.25, -0.2) is 9.78 Å². The number of anilines is 1. The molecule has 0 radical (unpaired) electrons. The van der Waals surface area contributed by atoms with Gasteiger partial charge in [-0.15, -0.1) is 0 Å². The van der Waals surface area contributed by atoms with Gasteiger partial charge in [-0.2, -0.15) is 5.26 Å². The Morgan fingerprint density at radius 3 is 2.77 bits per heavy atom. The minimum absolute atomic E-state index is 0.00736. The molecular formula is C24H35N5O2. The first-order chi connectivity index (χ1) is 15.1. The fourth-order valence-electron chi connectivity index (χ4n) is 5.31. The number of urea groups is 1. The maximum Gasteiger partial charge on any atom is 0.317 e. The van der Waals surface area contributed by atoms with Gasteiger partial charge in [-0.05, 0) is 38.2 Å². The van der Waals surface area contributed by atoms with Crippen LogP contribution in [-0.2, 0) is 17.8 Å². The van der Waals surface area contributed by atoms with Gasteiger partial charge in [0.1, 0.15) is 11.9 Å². The van der Waals surface area contributed by atoms with Crippen molar-refractivity contribution in [3.63, 3.8) is 0 Å². The van der Waals surface area contributed by atoms with Gasteiger partial charge >= 0.3 is 6.03 Å². The molecule has 1 aromatic heterocycles. The standard InChI is InChI=1S/C24H35N5O2/c1-3-10-26-24(30)29-12-11-28(15-17(29)2)23-20(14-25)19-9-13-31-16-21(19)22(27-23)18-7-5-4-6-8-18/h17-18H,3-13,15-16H2,1-2H3,(H,26,30). The molecule has 168 valence electrons. The number of amides is 2. The van der Waals surface area contributed by atoms with E-state index < -0.39 is 0 Å². The van der Waals surface area contributed by atoms with Crippen LogP contribution in [0.3, 0.4) is 0 Å². The molecule has 3 heterocycles. The Kier molecular flexibility index (Phi) is 6.96. The number of pyridine rings is 1. The largest absolute Gasteiger partial charge is 0.376 e. The molecule has 1 aliphatic carbocycles. The number of hydrogen-bond acceptors (Lipinski definition) is 5. The molecule has 1 atom stereocenters. The van der Waals surface area contributed by atoms with Crippen LogP contribution >= 0.6 is 0 Å². The minimum atomic E-state index is 0.00736. The summed E-state index contributed by atoms with van der Waals surface area (Å²) in [4.78, 5) is 21.8. The predicted molar refractivity (Wildman–Crippen MR) is 120 cm³/mol. The lowest BCUT2D eigenvalue weighted by Gasteiger charge is -2.41. The van der Waals surface area contributed by atoms with Crippen LogP contribution in [0.25, 0.3) is 0 Å². The third-order valence-corrected chi connectivity index (χ3v) is 6.99. The van der Waals surface area contributed by atoms with E-state index in [1.165, 1.54) is 43.4 Å². The predicted octanol–water partition coefficient (Wildman–Crippen LogP) is 3.70. The fraction of sp³-hybridized carbons (Fsp3) is 0.708. The number of nitrogens with zero attached hydrogens (tertiary/aromatic N) is 4. The number of rotatable bonds is 4. The average molecular weight is 426 g/mol. The number of nitriles is 1. The number of nitrogens with one attached hydrogen (secondary N) is 1. The highest BCUT2D eigenvalue weighted by atomic mass is 16.5. The molecule has 7 nitrogen and oxygen atoms in total. The molecule has 1 N–H and O–H groups in total. The Bertz CT molecular complexity index is 843. The van der Waals surface area contributed by atoms with Crippen molar-refractivity contribution in [2.24, 2.45) is 0 Å². The second-order valence-corrected chi connectivity index (χ2v) is 9.12.